The third-order valence-corrected chi connectivity index (χ3v) is 5.01. The Kier molecular flexibility index (Phi) is 10.5. The molecule has 0 aromatic heterocycles. The minimum Gasteiger partial charge on any atom is -0.377 e. The zero-order valence-corrected chi connectivity index (χ0v) is 19.4. The van der Waals surface area contributed by atoms with Crippen LogP contribution < -0.4 is 5.32 Å². The van der Waals surface area contributed by atoms with Crippen LogP contribution in [0.2, 0.25) is 0 Å². The monoisotopic (exact) mass is 503 g/mol. The van der Waals surface area contributed by atoms with Crippen molar-refractivity contribution in [3.05, 3.63) is 35.4 Å². The van der Waals surface area contributed by atoms with Gasteiger partial charge in [0.15, 0.2) is 5.96 Å². The van der Waals surface area contributed by atoms with Gasteiger partial charge in [0.2, 0.25) is 0 Å². The Bertz CT molecular complexity index is 591. The molecule has 0 amide bonds. The molecule has 7 heteroatoms. The highest BCUT2D eigenvalue weighted by molar-refractivity contribution is 14.0. The lowest BCUT2D eigenvalue weighted by atomic mass is 10.1. The van der Waals surface area contributed by atoms with Crippen LogP contribution in [-0.4, -0.2) is 62.5 Å². The Labute approximate surface area is 186 Å². The number of hydrogen-bond acceptors (Lipinski definition) is 4. The number of nitrogens with zero attached hydrogens (tertiary/aromatic N) is 2. The first-order chi connectivity index (χ1) is 13.3. The number of aliphatic imine (C=N–C) groups is 1. The van der Waals surface area contributed by atoms with Gasteiger partial charge < -0.3 is 24.4 Å². The minimum absolute atomic E-state index is 0. The standard InChI is InChI=1S/C21H33N3O3.HI/c1-3-22-21(23-14-17-7-9-18(10-8-17)16-25-4-2)24-11-13-27-20(15-24)19-6-5-12-26-19;/h7-10,19-20H,3-6,11-16H2,1-2H3,(H,22,23);1H. The molecular formula is C21H34IN3O3. The fourth-order valence-electron chi connectivity index (χ4n) is 3.54. The van der Waals surface area contributed by atoms with E-state index in [-0.39, 0.29) is 36.2 Å². The van der Waals surface area contributed by atoms with Crippen molar-refractivity contribution in [1.29, 1.82) is 0 Å². The SMILES string of the molecule is CCNC(=NCc1ccc(COCC)cc1)N1CCOC(C2CCCO2)C1.I. The summed E-state index contributed by atoms with van der Waals surface area (Å²) in [5, 5.41) is 3.43. The lowest BCUT2D eigenvalue weighted by Gasteiger charge is -2.37. The van der Waals surface area contributed by atoms with Crippen molar-refractivity contribution in [3.63, 3.8) is 0 Å². The van der Waals surface area contributed by atoms with Gasteiger partial charge in [-0.3, -0.25) is 0 Å². The second-order valence-electron chi connectivity index (χ2n) is 7.03. The molecule has 3 rings (SSSR count). The Balaban J connectivity index is 0.00000280. The maximum atomic E-state index is 5.97. The van der Waals surface area contributed by atoms with E-state index < -0.39 is 0 Å². The molecule has 1 aromatic rings. The van der Waals surface area contributed by atoms with E-state index in [9.17, 15) is 0 Å². The Morgan fingerprint density at radius 1 is 1.14 bits per heavy atom. The van der Waals surface area contributed by atoms with Gasteiger partial charge in [-0.15, -0.1) is 24.0 Å². The van der Waals surface area contributed by atoms with Gasteiger partial charge in [-0.2, -0.15) is 0 Å². The van der Waals surface area contributed by atoms with E-state index in [1.807, 2.05) is 6.92 Å². The van der Waals surface area contributed by atoms with E-state index in [2.05, 4.69) is 41.4 Å². The highest BCUT2D eigenvalue weighted by Crippen LogP contribution is 2.21. The van der Waals surface area contributed by atoms with E-state index in [0.29, 0.717) is 13.2 Å². The van der Waals surface area contributed by atoms with Crippen molar-refractivity contribution in [1.82, 2.24) is 10.2 Å². The molecule has 2 aliphatic rings. The lowest BCUT2D eigenvalue weighted by molar-refractivity contribution is -0.0817. The Hall–Kier alpha value is -0.900. The van der Waals surface area contributed by atoms with E-state index >= 15 is 0 Å². The maximum absolute atomic E-state index is 5.97. The van der Waals surface area contributed by atoms with E-state index in [4.69, 9.17) is 19.2 Å². The predicted molar refractivity (Wildman–Crippen MR) is 122 cm³/mol. The number of ether oxygens (including phenoxy) is 3. The van der Waals surface area contributed by atoms with Gasteiger partial charge >= 0.3 is 0 Å². The average Bonchev–Trinajstić information content (AvgIpc) is 3.25. The second kappa shape index (κ2) is 12.6. The molecule has 0 aliphatic carbocycles. The highest BCUT2D eigenvalue weighted by Gasteiger charge is 2.32. The molecule has 2 heterocycles. The molecule has 1 aromatic carbocycles. The molecule has 2 atom stereocenters. The van der Waals surface area contributed by atoms with Crippen LogP contribution in [0, 0.1) is 0 Å². The minimum atomic E-state index is 0. The van der Waals surface area contributed by atoms with Gasteiger partial charge in [-0.05, 0) is 37.8 Å². The van der Waals surface area contributed by atoms with Crippen LogP contribution in [0.4, 0.5) is 0 Å². The summed E-state index contributed by atoms with van der Waals surface area (Å²) < 4.78 is 17.2. The number of guanidine groups is 1. The van der Waals surface area contributed by atoms with Gasteiger partial charge in [0.1, 0.15) is 6.10 Å². The number of benzene rings is 1. The first-order valence-corrected chi connectivity index (χ1v) is 10.2. The van der Waals surface area contributed by atoms with Gasteiger partial charge in [-0.1, -0.05) is 24.3 Å². The van der Waals surface area contributed by atoms with Gasteiger partial charge in [0, 0.05) is 32.8 Å². The van der Waals surface area contributed by atoms with E-state index in [1.54, 1.807) is 0 Å². The molecule has 6 nitrogen and oxygen atoms in total. The number of hydrogen-bond donors (Lipinski definition) is 1. The molecule has 0 radical (unpaired) electrons. The second-order valence-corrected chi connectivity index (χ2v) is 7.03. The van der Waals surface area contributed by atoms with Crippen molar-refractivity contribution < 1.29 is 14.2 Å². The van der Waals surface area contributed by atoms with Gasteiger partial charge in [0.25, 0.3) is 0 Å². The topological polar surface area (TPSA) is 55.3 Å². The summed E-state index contributed by atoms with van der Waals surface area (Å²) in [6, 6.07) is 8.51. The Morgan fingerprint density at radius 2 is 1.89 bits per heavy atom. The van der Waals surface area contributed by atoms with Crippen LogP contribution in [0.3, 0.4) is 0 Å². The van der Waals surface area contributed by atoms with Crippen LogP contribution in [0.5, 0.6) is 0 Å². The molecule has 2 aliphatic heterocycles. The lowest BCUT2D eigenvalue weighted by Crippen LogP contribution is -2.53. The molecule has 2 unspecified atom stereocenters. The zero-order chi connectivity index (χ0) is 18.9. The van der Waals surface area contributed by atoms with Crippen LogP contribution >= 0.6 is 24.0 Å². The molecule has 1 N–H and O–H groups in total. The summed E-state index contributed by atoms with van der Waals surface area (Å²) in [4.78, 5) is 7.17. The smallest absolute Gasteiger partial charge is 0.194 e. The van der Waals surface area contributed by atoms with E-state index in [1.165, 1.54) is 11.1 Å². The Morgan fingerprint density at radius 3 is 2.57 bits per heavy atom. The summed E-state index contributed by atoms with van der Waals surface area (Å²) in [7, 11) is 0. The fourth-order valence-corrected chi connectivity index (χ4v) is 3.54. The molecular weight excluding hydrogens is 469 g/mol. The molecule has 2 saturated heterocycles. The molecule has 0 spiro atoms. The predicted octanol–water partition coefficient (Wildman–Crippen LogP) is 3.19. The first kappa shape index (κ1) is 23.4. The first-order valence-electron chi connectivity index (χ1n) is 10.2. The number of nitrogens with one attached hydrogen (secondary N) is 1. The third-order valence-electron chi connectivity index (χ3n) is 5.01. The van der Waals surface area contributed by atoms with Crippen molar-refractivity contribution >= 4 is 29.9 Å². The summed E-state index contributed by atoms with van der Waals surface area (Å²) in [5.41, 5.74) is 2.40. The summed E-state index contributed by atoms with van der Waals surface area (Å²) in [5.74, 6) is 0.960. The highest BCUT2D eigenvalue weighted by atomic mass is 127. The summed E-state index contributed by atoms with van der Waals surface area (Å²) in [6.07, 6.45) is 2.61. The number of morpholine rings is 1. The average molecular weight is 503 g/mol. The van der Waals surface area contributed by atoms with Gasteiger partial charge in [-0.25, -0.2) is 4.99 Å². The number of halogens is 1. The van der Waals surface area contributed by atoms with Crippen LogP contribution in [0.15, 0.2) is 29.3 Å². The number of rotatable bonds is 7. The van der Waals surface area contributed by atoms with Crippen molar-refractivity contribution in [2.45, 2.75) is 52.0 Å². The zero-order valence-electron chi connectivity index (χ0n) is 17.1. The maximum Gasteiger partial charge on any atom is 0.194 e. The largest absolute Gasteiger partial charge is 0.377 e. The van der Waals surface area contributed by atoms with E-state index in [0.717, 1.165) is 58.3 Å². The van der Waals surface area contributed by atoms with Crippen LogP contribution in [0.1, 0.15) is 37.8 Å². The van der Waals surface area contributed by atoms with Crippen LogP contribution in [-0.2, 0) is 27.4 Å². The van der Waals surface area contributed by atoms with Crippen molar-refractivity contribution in [3.8, 4) is 0 Å². The molecule has 0 bridgehead atoms. The van der Waals surface area contributed by atoms with Crippen molar-refractivity contribution in [2.24, 2.45) is 4.99 Å². The molecule has 28 heavy (non-hydrogen) atoms. The summed E-state index contributed by atoms with van der Waals surface area (Å²) in [6.45, 7) is 10.3. The quantitative estimate of drug-likeness (QED) is 0.352. The van der Waals surface area contributed by atoms with Crippen molar-refractivity contribution in [2.75, 3.05) is 39.5 Å². The third kappa shape index (κ3) is 6.86. The summed E-state index contributed by atoms with van der Waals surface area (Å²) >= 11 is 0. The van der Waals surface area contributed by atoms with Gasteiger partial charge in [0.05, 0.1) is 25.9 Å². The fraction of sp³-hybridized carbons (Fsp3) is 0.667. The molecule has 2 fully saturated rings. The molecule has 158 valence electrons. The van der Waals surface area contributed by atoms with Crippen LogP contribution in [0.25, 0.3) is 0 Å². The normalized spacial score (nSPS) is 22.8. The molecule has 0 saturated carbocycles.